The van der Waals surface area contributed by atoms with Crippen LogP contribution in [0, 0.1) is 10.1 Å². The standard InChI is InChI=1S/C33H59NO4/c1-4-7-10-13-16-19-22-25-28-29(26-23-20-17-14-11-8-5-2)31(34(37)38)33(36)32(35)30(28)27-24-21-18-15-12-9-6-3/h35-36H,4-27H2,1-3H3. The van der Waals surface area contributed by atoms with Gasteiger partial charge in [-0.15, -0.1) is 0 Å². The van der Waals surface area contributed by atoms with Gasteiger partial charge in [0.05, 0.1) is 4.92 Å². The largest absolute Gasteiger partial charge is 0.504 e. The lowest BCUT2D eigenvalue weighted by molar-refractivity contribution is -0.386. The fourth-order valence-electron chi connectivity index (χ4n) is 5.68. The fourth-order valence-corrected chi connectivity index (χ4v) is 5.68. The Kier molecular flexibility index (Phi) is 19.9. The SMILES string of the molecule is CCCCCCCCCc1c(O)c(O)c([N+](=O)[O-])c(CCCCCCCCC)c1CCCCCCCCC. The third-order valence-electron chi connectivity index (χ3n) is 8.02. The average molecular weight is 534 g/mol. The maximum absolute atomic E-state index is 12.1. The van der Waals surface area contributed by atoms with Crippen molar-refractivity contribution in [2.24, 2.45) is 0 Å². The van der Waals surface area contributed by atoms with Crippen LogP contribution in [0.4, 0.5) is 5.69 Å². The average Bonchev–Trinajstić information content (AvgIpc) is 2.90. The van der Waals surface area contributed by atoms with Gasteiger partial charge in [0.2, 0.25) is 5.75 Å². The lowest BCUT2D eigenvalue weighted by atomic mass is 9.87. The summed E-state index contributed by atoms with van der Waals surface area (Å²) in [5.74, 6) is -0.766. The van der Waals surface area contributed by atoms with Crippen LogP contribution >= 0.6 is 0 Å². The van der Waals surface area contributed by atoms with Gasteiger partial charge in [-0.3, -0.25) is 10.1 Å². The smallest absolute Gasteiger partial charge is 0.318 e. The van der Waals surface area contributed by atoms with E-state index in [-0.39, 0.29) is 11.4 Å². The van der Waals surface area contributed by atoms with E-state index in [1.54, 1.807) is 0 Å². The second-order valence-electron chi connectivity index (χ2n) is 11.4. The van der Waals surface area contributed by atoms with Crippen LogP contribution in [-0.2, 0) is 19.3 Å². The quantitative estimate of drug-likeness (QED) is 0.0566. The van der Waals surface area contributed by atoms with Crippen LogP contribution < -0.4 is 0 Å². The molecule has 0 fully saturated rings. The molecule has 0 amide bonds. The Morgan fingerprint density at radius 1 is 0.474 bits per heavy atom. The summed E-state index contributed by atoms with van der Waals surface area (Å²) in [5, 5.41) is 33.8. The molecule has 0 aliphatic rings. The molecule has 5 nitrogen and oxygen atoms in total. The van der Waals surface area contributed by atoms with Crippen LogP contribution in [0.15, 0.2) is 0 Å². The monoisotopic (exact) mass is 533 g/mol. The number of hydrogen-bond acceptors (Lipinski definition) is 4. The van der Waals surface area contributed by atoms with E-state index < -0.39 is 10.7 Å². The number of phenols is 2. The molecule has 1 aromatic rings. The highest BCUT2D eigenvalue weighted by Crippen LogP contribution is 2.45. The lowest BCUT2D eigenvalue weighted by Gasteiger charge is -2.19. The zero-order valence-electron chi connectivity index (χ0n) is 25.1. The predicted molar refractivity (Wildman–Crippen MR) is 162 cm³/mol. The van der Waals surface area contributed by atoms with Crippen molar-refractivity contribution in [3.8, 4) is 11.5 Å². The Hall–Kier alpha value is -1.78. The number of phenolic OH excluding ortho intramolecular Hbond substituents is 2. The molecule has 0 unspecified atom stereocenters. The van der Waals surface area contributed by atoms with Gasteiger partial charge in [0.25, 0.3) is 0 Å². The molecule has 1 rings (SSSR count). The van der Waals surface area contributed by atoms with Crippen molar-refractivity contribution in [3.05, 3.63) is 26.8 Å². The Balaban J connectivity index is 3.02. The van der Waals surface area contributed by atoms with Gasteiger partial charge in [0, 0.05) is 11.1 Å². The van der Waals surface area contributed by atoms with Gasteiger partial charge in [-0.25, -0.2) is 0 Å². The molecule has 5 heteroatoms. The Morgan fingerprint density at radius 2 is 0.789 bits per heavy atom. The van der Waals surface area contributed by atoms with E-state index in [1.807, 2.05) is 0 Å². The van der Waals surface area contributed by atoms with Crippen LogP contribution in [0.2, 0.25) is 0 Å². The molecular formula is C33H59NO4. The third-order valence-corrected chi connectivity index (χ3v) is 8.02. The summed E-state index contributed by atoms with van der Waals surface area (Å²) in [6.07, 6.45) is 26.6. The van der Waals surface area contributed by atoms with Crippen molar-refractivity contribution in [1.82, 2.24) is 0 Å². The summed E-state index contributed by atoms with van der Waals surface area (Å²) < 4.78 is 0. The molecule has 0 saturated carbocycles. The molecule has 0 aliphatic carbocycles. The molecule has 1 aromatic carbocycles. The molecule has 0 spiro atoms. The number of benzene rings is 1. The Morgan fingerprint density at radius 3 is 1.16 bits per heavy atom. The van der Waals surface area contributed by atoms with Crippen molar-refractivity contribution in [3.63, 3.8) is 0 Å². The van der Waals surface area contributed by atoms with Crippen molar-refractivity contribution >= 4 is 5.69 Å². The summed E-state index contributed by atoms with van der Waals surface area (Å²) in [7, 11) is 0. The first kappa shape index (κ1) is 34.2. The number of nitro groups is 1. The summed E-state index contributed by atoms with van der Waals surface area (Å²) >= 11 is 0. The van der Waals surface area contributed by atoms with Crippen LogP contribution in [0.5, 0.6) is 11.5 Å². The first-order valence-corrected chi connectivity index (χ1v) is 16.2. The van der Waals surface area contributed by atoms with Crippen LogP contribution in [-0.4, -0.2) is 15.1 Å². The molecule has 0 atom stereocenters. The summed E-state index contributed by atoms with van der Waals surface area (Å²) in [4.78, 5) is 11.6. The van der Waals surface area contributed by atoms with Gasteiger partial charge < -0.3 is 10.2 Å². The number of aromatic hydroxyl groups is 2. The summed E-state index contributed by atoms with van der Waals surface area (Å²) in [6.45, 7) is 6.66. The van der Waals surface area contributed by atoms with Crippen LogP contribution in [0.25, 0.3) is 0 Å². The van der Waals surface area contributed by atoms with E-state index >= 15 is 0 Å². The minimum Gasteiger partial charge on any atom is -0.504 e. The first-order chi connectivity index (χ1) is 18.5. The highest BCUT2D eigenvalue weighted by Gasteiger charge is 2.30. The Bertz CT molecular complexity index is 762. The van der Waals surface area contributed by atoms with Crippen molar-refractivity contribution in [2.45, 2.75) is 175 Å². The molecule has 220 valence electrons. The molecule has 0 saturated heterocycles. The van der Waals surface area contributed by atoms with E-state index in [0.29, 0.717) is 18.4 Å². The minimum atomic E-state index is -0.519. The molecule has 38 heavy (non-hydrogen) atoms. The van der Waals surface area contributed by atoms with Gasteiger partial charge >= 0.3 is 5.69 Å². The molecule has 0 aromatic heterocycles. The molecule has 0 radical (unpaired) electrons. The molecule has 0 aliphatic heterocycles. The zero-order valence-corrected chi connectivity index (χ0v) is 25.1. The van der Waals surface area contributed by atoms with Gasteiger partial charge in [-0.1, -0.05) is 136 Å². The summed E-state index contributed by atoms with van der Waals surface area (Å²) in [6, 6.07) is 0. The van der Waals surface area contributed by atoms with Crippen molar-refractivity contribution in [2.75, 3.05) is 0 Å². The zero-order chi connectivity index (χ0) is 28.0. The second kappa shape index (κ2) is 22.1. The van der Waals surface area contributed by atoms with Gasteiger partial charge in [0.1, 0.15) is 0 Å². The minimum absolute atomic E-state index is 0.246. The lowest BCUT2D eigenvalue weighted by Crippen LogP contribution is -2.07. The van der Waals surface area contributed by atoms with E-state index in [4.69, 9.17) is 0 Å². The number of rotatable bonds is 25. The molecule has 0 heterocycles. The number of nitro benzene ring substituents is 1. The molecular weight excluding hydrogens is 474 g/mol. The Labute approximate surface area is 234 Å². The van der Waals surface area contributed by atoms with Crippen molar-refractivity contribution in [1.29, 1.82) is 0 Å². The molecule has 0 bridgehead atoms. The maximum atomic E-state index is 12.1. The van der Waals surface area contributed by atoms with Crippen LogP contribution in [0.1, 0.15) is 172 Å². The highest BCUT2D eigenvalue weighted by atomic mass is 16.6. The van der Waals surface area contributed by atoms with E-state index in [1.165, 1.54) is 89.9 Å². The third kappa shape index (κ3) is 13.3. The highest BCUT2D eigenvalue weighted by molar-refractivity contribution is 5.66. The molecule has 2 N–H and O–H groups in total. The van der Waals surface area contributed by atoms with Gasteiger partial charge in [0.15, 0.2) is 5.75 Å². The van der Waals surface area contributed by atoms with E-state index in [9.17, 15) is 20.3 Å². The second-order valence-corrected chi connectivity index (χ2v) is 11.4. The fraction of sp³-hybridized carbons (Fsp3) is 0.818. The van der Waals surface area contributed by atoms with Gasteiger partial charge in [-0.05, 0) is 44.1 Å². The predicted octanol–water partition coefficient (Wildman–Crippen LogP) is 10.9. The van der Waals surface area contributed by atoms with Crippen molar-refractivity contribution < 1.29 is 15.1 Å². The van der Waals surface area contributed by atoms with Gasteiger partial charge in [-0.2, -0.15) is 0 Å². The van der Waals surface area contributed by atoms with E-state index in [0.717, 1.165) is 62.5 Å². The first-order valence-electron chi connectivity index (χ1n) is 16.2. The number of nitrogens with zero attached hydrogens (tertiary/aromatic N) is 1. The van der Waals surface area contributed by atoms with Crippen LogP contribution in [0.3, 0.4) is 0 Å². The normalized spacial score (nSPS) is 11.3. The summed E-state index contributed by atoms with van der Waals surface area (Å²) in [5.41, 5.74) is 2.15. The number of hydrogen-bond donors (Lipinski definition) is 2. The maximum Gasteiger partial charge on any atom is 0.318 e. The topological polar surface area (TPSA) is 83.6 Å². The number of unbranched alkanes of at least 4 members (excludes halogenated alkanes) is 18. The van der Waals surface area contributed by atoms with E-state index in [2.05, 4.69) is 20.8 Å².